The van der Waals surface area contributed by atoms with Crippen molar-refractivity contribution in [3.05, 3.63) is 124 Å². The Labute approximate surface area is 183 Å². The lowest BCUT2D eigenvalue weighted by molar-refractivity contribution is 0.103. The Morgan fingerprint density at radius 2 is 1.90 bits per heavy atom. The highest BCUT2D eigenvalue weighted by Crippen LogP contribution is 2.25. The molecule has 0 fully saturated rings. The number of nitrogens with one attached hydrogen (secondary N) is 1. The monoisotopic (exact) mass is 425 g/mol. The highest BCUT2D eigenvalue weighted by molar-refractivity contribution is 7.12. The molecule has 0 saturated carbocycles. The number of para-hydroxylation sites is 1. The summed E-state index contributed by atoms with van der Waals surface area (Å²) < 4.78 is 1.89. The van der Waals surface area contributed by atoms with Crippen LogP contribution in [0.15, 0.2) is 108 Å². The van der Waals surface area contributed by atoms with Gasteiger partial charge < -0.3 is 5.32 Å². The highest BCUT2D eigenvalue weighted by atomic mass is 32.1. The van der Waals surface area contributed by atoms with Gasteiger partial charge in [0.15, 0.2) is 5.43 Å². The largest absolute Gasteiger partial charge is 0.341 e. The van der Waals surface area contributed by atoms with Crippen molar-refractivity contribution in [3.8, 4) is 5.69 Å². The van der Waals surface area contributed by atoms with E-state index in [1.165, 1.54) is 23.6 Å². The number of thiophene rings is 1. The number of carbonyl (C=O) groups excluding carboxylic acids is 1. The third-order valence-corrected chi connectivity index (χ3v) is 5.55. The lowest BCUT2D eigenvalue weighted by Gasteiger charge is -2.19. The van der Waals surface area contributed by atoms with E-state index in [1.54, 1.807) is 30.4 Å². The molecule has 6 heteroatoms. The molecule has 1 aromatic carbocycles. The number of aromatic nitrogens is 2. The van der Waals surface area contributed by atoms with Gasteiger partial charge in [-0.15, -0.1) is 11.3 Å². The second-order valence-corrected chi connectivity index (χ2v) is 7.59. The van der Waals surface area contributed by atoms with E-state index in [2.05, 4.69) is 23.5 Å². The first-order valence-corrected chi connectivity index (χ1v) is 10.4. The minimum absolute atomic E-state index is 0.180. The van der Waals surface area contributed by atoms with Gasteiger partial charge in [0, 0.05) is 23.6 Å². The van der Waals surface area contributed by atoms with Crippen LogP contribution in [-0.2, 0) is 0 Å². The maximum atomic E-state index is 12.9. The number of allylic oxidation sites excluding steroid dienone is 3. The molecule has 3 aromatic heterocycles. The summed E-state index contributed by atoms with van der Waals surface area (Å²) in [7, 11) is 0. The molecule has 0 bridgehead atoms. The molecule has 0 saturated heterocycles. The summed E-state index contributed by atoms with van der Waals surface area (Å²) in [6.07, 6.45) is 6.51. The summed E-state index contributed by atoms with van der Waals surface area (Å²) in [6, 6.07) is 16.4. The molecule has 1 N–H and O–H groups in total. The minimum atomic E-state index is -0.200. The summed E-state index contributed by atoms with van der Waals surface area (Å²) in [5.41, 5.74) is 2.18. The average Bonchev–Trinajstić information content (AvgIpc) is 3.33. The van der Waals surface area contributed by atoms with Crippen molar-refractivity contribution in [2.45, 2.75) is 0 Å². The molecule has 0 amide bonds. The van der Waals surface area contributed by atoms with Gasteiger partial charge in [-0.05, 0) is 41.8 Å². The quantitative estimate of drug-likeness (QED) is 0.320. The number of benzene rings is 1. The predicted octanol–water partition coefficient (Wildman–Crippen LogP) is 5.35. The number of carbonyl (C=O) groups is 1. The van der Waals surface area contributed by atoms with Crippen LogP contribution in [0.1, 0.15) is 15.4 Å². The third-order valence-electron chi connectivity index (χ3n) is 4.68. The molecule has 0 atom stereocenters. The van der Waals surface area contributed by atoms with Crippen LogP contribution in [0, 0.1) is 0 Å². The molecule has 0 radical (unpaired) electrons. The first-order valence-electron chi connectivity index (χ1n) is 9.54. The van der Waals surface area contributed by atoms with Crippen LogP contribution in [0.25, 0.3) is 16.6 Å². The SMILES string of the molecule is C=C/C=C(\C=C)Nc1cc(=O)c2cnc(C(=O)c3cccs3)cc2n1-c1ccccc1. The molecule has 0 spiro atoms. The zero-order valence-corrected chi connectivity index (χ0v) is 17.4. The van der Waals surface area contributed by atoms with Gasteiger partial charge in [-0.3, -0.25) is 19.1 Å². The number of rotatable bonds is 7. The molecule has 5 nitrogen and oxygen atoms in total. The van der Waals surface area contributed by atoms with Gasteiger partial charge in [0.25, 0.3) is 0 Å². The standard InChI is InChI=1S/C25H19N3O2S/c1-3-9-17(4-2)27-24-15-22(29)19-16-26-20(25(30)23-12-8-13-31-23)14-21(19)28(24)18-10-6-5-7-11-18/h3-16,27H,1-2H2/b17-9+. The fourth-order valence-corrected chi connectivity index (χ4v) is 3.93. The Bertz CT molecular complexity index is 1370. The first kappa shape index (κ1) is 20.3. The number of fused-ring (bicyclic) bond motifs is 1. The molecular formula is C25H19N3O2S. The molecule has 31 heavy (non-hydrogen) atoms. The Hall–Kier alpha value is -4.03. The topological polar surface area (TPSA) is 64.0 Å². The number of hydrogen-bond acceptors (Lipinski definition) is 5. The summed E-state index contributed by atoms with van der Waals surface area (Å²) in [4.78, 5) is 30.6. The first-order chi connectivity index (χ1) is 15.1. The minimum Gasteiger partial charge on any atom is -0.341 e. The van der Waals surface area contributed by atoms with Gasteiger partial charge in [-0.2, -0.15) is 0 Å². The summed E-state index contributed by atoms with van der Waals surface area (Å²) in [6.45, 7) is 7.53. The normalized spacial score (nSPS) is 11.3. The van der Waals surface area contributed by atoms with Crippen LogP contribution in [0.3, 0.4) is 0 Å². The van der Waals surface area contributed by atoms with Gasteiger partial charge in [-0.1, -0.05) is 43.5 Å². The van der Waals surface area contributed by atoms with E-state index in [1.807, 2.05) is 46.3 Å². The van der Waals surface area contributed by atoms with Gasteiger partial charge in [0.2, 0.25) is 5.78 Å². The number of ketones is 1. The van der Waals surface area contributed by atoms with Crippen molar-refractivity contribution in [1.82, 2.24) is 9.55 Å². The van der Waals surface area contributed by atoms with E-state index >= 15 is 0 Å². The zero-order valence-electron chi connectivity index (χ0n) is 16.6. The molecular weight excluding hydrogens is 406 g/mol. The van der Waals surface area contributed by atoms with Gasteiger partial charge in [-0.25, -0.2) is 0 Å². The van der Waals surface area contributed by atoms with E-state index in [0.717, 1.165) is 5.69 Å². The zero-order chi connectivity index (χ0) is 21.8. The van der Waals surface area contributed by atoms with Crippen molar-refractivity contribution < 1.29 is 4.79 Å². The van der Waals surface area contributed by atoms with Crippen LogP contribution < -0.4 is 10.7 Å². The van der Waals surface area contributed by atoms with Crippen LogP contribution in [0.4, 0.5) is 5.82 Å². The number of anilines is 1. The third kappa shape index (κ3) is 4.01. The lowest BCUT2D eigenvalue weighted by atomic mass is 10.1. The Kier molecular flexibility index (Phi) is 5.73. The molecule has 4 rings (SSSR count). The average molecular weight is 426 g/mol. The molecule has 152 valence electrons. The van der Waals surface area contributed by atoms with E-state index in [0.29, 0.717) is 27.3 Å². The smallest absolute Gasteiger partial charge is 0.221 e. The van der Waals surface area contributed by atoms with Gasteiger partial charge >= 0.3 is 0 Å². The summed E-state index contributed by atoms with van der Waals surface area (Å²) in [5, 5.41) is 5.50. The highest BCUT2D eigenvalue weighted by Gasteiger charge is 2.17. The lowest BCUT2D eigenvalue weighted by Crippen LogP contribution is -2.15. The second kappa shape index (κ2) is 8.77. The van der Waals surface area contributed by atoms with E-state index in [4.69, 9.17) is 0 Å². The summed E-state index contributed by atoms with van der Waals surface area (Å²) >= 11 is 1.36. The van der Waals surface area contributed by atoms with Crippen LogP contribution in [0.5, 0.6) is 0 Å². The number of pyridine rings is 2. The molecule has 0 unspecified atom stereocenters. The molecule has 0 aliphatic carbocycles. The molecule has 4 aromatic rings. The van der Waals surface area contributed by atoms with Crippen molar-refractivity contribution in [3.63, 3.8) is 0 Å². The molecule has 0 aliphatic heterocycles. The number of nitrogens with zero attached hydrogens (tertiary/aromatic N) is 2. The van der Waals surface area contributed by atoms with Crippen molar-refractivity contribution in [1.29, 1.82) is 0 Å². The fourth-order valence-electron chi connectivity index (χ4n) is 3.26. The predicted molar refractivity (Wildman–Crippen MR) is 127 cm³/mol. The second-order valence-electron chi connectivity index (χ2n) is 6.64. The van der Waals surface area contributed by atoms with Gasteiger partial charge in [0.05, 0.1) is 15.8 Å². The maximum absolute atomic E-state index is 12.9. The van der Waals surface area contributed by atoms with E-state index in [9.17, 15) is 9.59 Å². The summed E-state index contributed by atoms with van der Waals surface area (Å²) in [5.74, 6) is 0.359. The Morgan fingerprint density at radius 3 is 2.58 bits per heavy atom. The van der Waals surface area contributed by atoms with Crippen molar-refractivity contribution in [2.24, 2.45) is 0 Å². The van der Waals surface area contributed by atoms with E-state index in [-0.39, 0.29) is 16.9 Å². The van der Waals surface area contributed by atoms with Crippen LogP contribution in [-0.4, -0.2) is 15.3 Å². The maximum Gasteiger partial charge on any atom is 0.221 e. The van der Waals surface area contributed by atoms with Crippen molar-refractivity contribution >= 4 is 33.8 Å². The Balaban J connectivity index is 2.00. The number of hydrogen-bond donors (Lipinski definition) is 1. The molecule has 3 heterocycles. The van der Waals surface area contributed by atoms with Crippen molar-refractivity contribution in [2.75, 3.05) is 5.32 Å². The molecule has 0 aliphatic rings. The van der Waals surface area contributed by atoms with E-state index < -0.39 is 0 Å². The van der Waals surface area contributed by atoms with Crippen LogP contribution >= 0.6 is 11.3 Å². The van der Waals surface area contributed by atoms with Gasteiger partial charge in [0.1, 0.15) is 11.5 Å². The fraction of sp³-hybridized carbons (Fsp3) is 0. The Morgan fingerprint density at radius 1 is 1.10 bits per heavy atom. The van der Waals surface area contributed by atoms with Crippen LogP contribution in [0.2, 0.25) is 0 Å².